The molecule has 1 atom stereocenters. The molecule has 2 aromatic carbocycles. The summed E-state index contributed by atoms with van der Waals surface area (Å²) in [6.07, 6.45) is 0. The van der Waals surface area contributed by atoms with Gasteiger partial charge in [-0.2, -0.15) is 0 Å². The minimum atomic E-state index is 0.291. The van der Waals surface area contributed by atoms with Gasteiger partial charge in [-0.15, -0.1) is 0 Å². The molecule has 1 N–H and O–H groups in total. The Morgan fingerprint density at radius 1 is 1.17 bits per heavy atom. The molecular formula is C15H15BrClN. The zero-order valence-corrected chi connectivity index (χ0v) is 12.5. The van der Waals surface area contributed by atoms with E-state index < -0.39 is 0 Å². The van der Waals surface area contributed by atoms with Gasteiger partial charge in [0.25, 0.3) is 0 Å². The summed E-state index contributed by atoms with van der Waals surface area (Å²) in [5.74, 6) is 0. The molecule has 0 aliphatic heterocycles. The van der Waals surface area contributed by atoms with E-state index in [9.17, 15) is 0 Å². The lowest BCUT2D eigenvalue weighted by molar-refractivity contribution is 0.573. The highest BCUT2D eigenvalue weighted by atomic mass is 79.9. The minimum absolute atomic E-state index is 0.291. The van der Waals surface area contributed by atoms with Gasteiger partial charge in [0.1, 0.15) is 0 Å². The first-order valence-corrected chi connectivity index (χ1v) is 7.06. The van der Waals surface area contributed by atoms with E-state index in [1.807, 2.05) is 24.3 Å². The van der Waals surface area contributed by atoms with E-state index >= 15 is 0 Å². The Morgan fingerprint density at radius 3 is 2.67 bits per heavy atom. The maximum absolute atomic E-state index is 5.97. The second-order valence-corrected chi connectivity index (χ2v) is 5.54. The summed E-state index contributed by atoms with van der Waals surface area (Å²) in [6, 6.07) is 16.5. The molecule has 0 aliphatic carbocycles. The number of rotatable bonds is 4. The minimum Gasteiger partial charge on any atom is -0.306 e. The van der Waals surface area contributed by atoms with Gasteiger partial charge in [-0.25, -0.2) is 0 Å². The van der Waals surface area contributed by atoms with Crippen molar-refractivity contribution in [1.29, 1.82) is 0 Å². The van der Waals surface area contributed by atoms with Crippen LogP contribution in [0.1, 0.15) is 24.1 Å². The van der Waals surface area contributed by atoms with E-state index in [2.05, 4.69) is 52.4 Å². The predicted octanol–water partition coefficient (Wildman–Crippen LogP) is 4.95. The topological polar surface area (TPSA) is 12.0 Å². The van der Waals surface area contributed by atoms with Gasteiger partial charge in [-0.1, -0.05) is 57.9 Å². The molecule has 18 heavy (non-hydrogen) atoms. The lowest BCUT2D eigenvalue weighted by Crippen LogP contribution is -2.18. The zero-order chi connectivity index (χ0) is 13.0. The Hall–Kier alpha value is -0.830. The van der Waals surface area contributed by atoms with Crippen LogP contribution in [-0.4, -0.2) is 0 Å². The van der Waals surface area contributed by atoms with Crippen LogP contribution in [0.2, 0.25) is 5.02 Å². The van der Waals surface area contributed by atoms with E-state index in [0.717, 1.165) is 16.0 Å². The van der Waals surface area contributed by atoms with Crippen molar-refractivity contribution in [2.24, 2.45) is 0 Å². The van der Waals surface area contributed by atoms with Gasteiger partial charge in [-0.3, -0.25) is 0 Å². The van der Waals surface area contributed by atoms with Gasteiger partial charge in [0.2, 0.25) is 0 Å². The highest BCUT2D eigenvalue weighted by Crippen LogP contribution is 2.23. The molecule has 0 aliphatic rings. The van der Waals surface area contributed by atoms with Crippen LogP contribution < -0.4 is 5.32 Å². The average Bonchev–Trinajstić information content (AvgIpc) is 2.37. The molecule has 2 rings (SSSR count). The summed E-state index contributed by atoms with van der Waals surface area (Å²) in [4.78, 5) is 0. The van der Waals surface area contributed by atoms with Gasteiger partial charge >= 0.3 is 0 Å². The third kappa shape index (κ3) is 3.58. The van der Waals surface area contributed by atoms with E-state index in [0.29, 0.717) is 6.04 Å². The second kappa shape index (κ2) is 6.37. The Labute approximate surface area is 121 Å². The molecule has 0 bridgehead atoms. The number of hydrogen-bond acceptors (Lipinski definition) is 1. The first-order valence-electron chi connectivity index (χ1n) is 5.89. The molecule has 0 saturated heterocycles. The van der Waals surface area contributed by atoms with Crippen molar-refractivity contribution < 1.29 is 0 Å². The first kappa shape index (κ1) is 13.6. The number of nitrogens with one attached hydrogen (secondary N) is 1. The van der Waals surface area contributed by atoms with Crippen LogP contribution >= 0.6 is 27.5 Å². The van der Waals surface area contributed by atoms with E-state index in [1.54, 1.807) is 0 Å². The van der Waals surface area contributed by atoms with Crippen molar-refractivity contribution in [3.8, 4) is 0 Å². The van der Waals surface area contributed by atoms with Crippen molar-refractivity contribution in [3.05, 3.63) is 69.2 Å². The Kier molecular flexibility index (Phi) is 4.81. The zero-order valence-electron chi connectivity index (χ0n) is 10.2. The summed E-state index contributed by atoms with van der Waals surface area (Å²) < 4.78 is 1.14. The normalized spacial score (nSPS) is 12.4. The lowest BCUT2D eigenvalue weighted by atomic mass is 10.1. The number of hydrogen-bond donors (Lipinski definition) is 1. The Balaban J connectivity index is 2.00. The molecule has 0 amide bonds. The largest absolute Gasteiger partial charge is 0.306 e. The quantitative estimate of drug-likeness (QED) is 0.838. The maximum atomic E-state index is 5.97. The summed E-state index contributed by atoms with van der Waals surface area (Å²) in [7, 11) is 0. The fourth-order valence-corrected chi connectivity index (χ4v) is 2.70. The van der Waals surface area contributed by atoms with Crippen LogP contribution in [0, 0.1) is 0 Å². The van der Waals surface area contributed by atoms with Crippen molar-refractivity contribution in [2.75, 3.05) is 0 Å². The molecule has 0 heterocycles. The van der Waals surface area contributed by atoms with Crippen molar-refractivity contribution in [3.63, 3.8) is 0 Å². The SMILES string of the molecule is C[C@@H](NCc1cccc(Cl)c1)c1ccccc1Br. The van der Waals surface area contributed by atoms with Gasteiger partial charge in [-0.05, 0) is 36.2 Å². The molecule has 0 unspecified atom stereocenters. The first-order chi connectivity index (χ1) is 8.66. The average molecular weight is 325 g/mol. The van der Waals surface area contributed by atoms with Crippen LogP contribution in [0.5, 0.6) is 0 Å². The van der Waals surface area contributed by atoms with Crippen molar-refractivity contribution in [2.45, 2.75) is 19.5 Å². The fourth-order valence-electron chi connectivity index (χ4n) is 1.85. The van der Waals surface area contributed by atoms with E-state index in [1.165, 1.54) is 11.1 Å². The van der Waals surface area contributed by atoms with Crippen LogP contribution in [0.3, 0.4) is 0 Å². The molecule has 0 saturated carbocycles. The van der Waals surface area contributed by atoms with E-state index in [4.69, 9.17) is 11.6 Å². The monoisotopic (exact) mass is 323 g/mol. The maximum Gasteiger partial charge on any atom is 0.0409 e. The van der Waals surface area contributed by atoms with Crippen molar-refractivity contribution in [1.82, 2.24) is 5.32 Å². The Morgan fingerprint density at radius 2 is 1.94 bits per heavy atom. The molecule has 0 fully saturated rings. The van der Waals surface area contributed by atoms with Crippen LogP contribution in [-0.2, 0) is 6.54 Å². The summed E-state index contributed by atoms with van der Waals surface area (Å²) in [5.41, 5.74) is 2.46. The summed E-state index contributed by atoms with van der Waals surface area (Å²) >= 11 is 9.54. The molecule has 94 valence electrons. The summed E-state index contributed by atoms with van der Waals surface area (Å²) in [6.45, 7) is 2.97. The van der Waals surface area contributed by atoms with Crippen LogP contribution in [0.15, 0.2) is 53.0 Å². The van der Waals surface area contributed by atoms with Gasteiger partial charge < -0.3 is 5.32 Å². The third-order valence-electron chi connectivity index (χ3n) is 2.87. The van der Waals surface area contributed by atoms with Crippen LogP contribution in [0.4, 0.5) is 0 Å². The molecule has 3 heteroatoms. The smallest absolute Gasteiger partial charge is 0.0409 e. The van der Waals surface area contributed by atoms with Gasteiger partial charge in [0.05, 0.1) is 0 Å². The predicted molar refractivity (Wildman–Crippen MR) is 80.8 cm³/mol. The van der Waals surface area contributed by atoms with Gasteiger partial charge in [0.15, 0.2) is 0 Å². The third-order valence-corrected chi connectivity index (χ3v) is 3.83. The molecule has 2 aromatic rings. The second-order valence-electron chi connectivity index (χ2n) is 4.25. The molecule has 0 spiro atoms. The van der Waals surface area contributed by atoms with Gasteiger partial charge in [0, 0.05) is 22.1 Å². The number of benzene rings is 2. The Bertz CT molecular complexity index is 527. The van der Waals surface area contributed by atoms with E-state index in [-0.39, 0.29) is 0 Å². The summed E-state index contributed by atoms with van der Waals surface area (Å²) in [5, 5.41) is 4.28. The lowest BCUT2D eigenvalue weighted by Gasteiger charge is -2.16. The molecule has 1 nitrogen and oxygen atoms in total. The molecule has 0 radical (unpaired) electrons. The van der Waals surface area contributed by atoms with Crippen LogP contribution in [0.25, 0.3) is 0 Å². The standard InChI is InChI=1S/C15H15BrClN/c1-11(14-7-2-3-8-15(14)16)18-10-12-5-4-6-13(17)9-12/h2-9,11,18H,10H2,1H3/t11-/m1/s1. The number of halogens is 2. The highest BCUT2D eigenvalue weighted by Gasteiger charge is 2.07. The fraction of sp³-hybridized carbons (Fsp3) is 0.200. The highest BCUT2D eigenvalue weighted by molar-refractivity contribution is 9.10. The molecule has 0 aromatic heterocycles. The van der Waals surface area contributed by atoms with Crippen molar-refractivity contribution >= 4 is 27.5 Å². The molecular weight excluding hydrogens is 310 g/mol.